The molecule has 0 heterocycles. The van der Waals surface area contributed by atoms with Crippen LogP contribution in [0.5, 0.6) is 0 Å². The average Bonchev–Trinajstić information content (AvgIpc) is 2.84. The van der Waals surface area contributed by atoms with E-state index in [-0.39, 0.29) is 5.82 Å². The maximum Gasteiger partial charge on any atom is 0.123 e. The number of halogens is 3. The predicted octanol–water partition coefficient (Wildman–Crippen LogP) is 5.22. The summed E-state index contributed by atoms with van der Waals surface area (Å²) in [7, 11) is 0. The summed E-state index contributed by atoms with van der Waals surface area (Å²) < 4.78 is 13.2. The number of rotatable bonds is 4. The van der Waals surface area contributed by atoms with Crippen LogP contribution in [0.2, 0.25) is 5.02 Å². The van der Waals surface area contributed by atoms with Crippen molar-refractivity contribution in [1.82, 2.24) is 0 Å². The first-order valence-electron chi connectivity index (χ1n) is 6.20. The van der Waals surface area contributed by atoms with Crippen LogP contribution in [0.3, 0.4) is 0 Å². The SMILES string of the molecule is Fc1ccc(Cl)c(CC(CBr)C2CCCC2)c1. The Bertz CT molecular complexity index is 374. The van der Waals surface area contributed by atoms with Crippen LogP contribution in [0.25, 0.3) is 0 Å². The van der Waals surface area contributed by atoms with Gasteiger partial charge in [0.1, 0.15) is 5.82 Å². The lowest BCUT2D eigenvalue weighted by atomic mass is 9.87. The summed E-state index contributed by atoms with van der Waals surface area (Å²) in [6.45, 7) is 0. The van der Waals surface area contributed by atoms with E-state index in [1.54, 1.807) is 12.1 Å². The van der Waals surface area contributed by atoms with E-state index in [2.05, 4.69) is 15.9 Å². The van der Waals surface area contributed by atoms with Gasteiger partial charge in [-0.25, -0.2) is 4.39 Å². The van der Waals surface area contributed by atoms with E-state index in [0.29, 0.717) is 10.9 Å². The molecule has 1 fully saturated rings. The molecule has 3 heteroatoms. The molecule has 1 aliphatic rings. The summed E-state index contributed by atoms with van der Waals surface area (Å²) in [5.41, 5.74) is 0.947. The van der Waals surface area contributed by atoms with Crippen molar-refractivity contribution in [2.75, 3.05) is 5.33 Å². The third kappa shape index (κ3) is 3.45. The third-order valence-electron chi connectivity index (χ3n) is 3.75. The van der Waals surface area contributed by atoms with Crippen molar-refractivity contribution in [3.8, 4) is 0 Å². The summed E-state index contributed by atoms with van der Waals surface area (Å²) in [5.74, 6) is 1.16. The molecule has 0 amide bonds. The highest BCUT2D eigenvalue weighted by Gasteiger charge is 2.24. The number of hydrogen-bond acceptors (Lipinski definition) is 0. The molecule has 1 aromatic carbocycles. The van der Waals surface area contributed by atoms with E-state index < -0.39 is 0 Å². The highest BCUT2D eigenvalue weighted by molar-refractivity contribution is 9.09. The van der Waals surface area contributed by atoms with Crippen LogP contribution in [0.1, 0.15) is 31.2 Å². The Hall–Kier alpha value is -0.0800. The Kier molecular flexibility index (Phi) is 4.87. The van der Waals surface area contributed by atoms with Gasteiger partial charge in [-0.05, 0) is 42.0 Å². The standard InChI is InChI=1S/C14H17BrClF/c15-9-12(10-3-1-2-4-10)7-11-8-13(17)5-6-14(11)16/h5-6,8,10,12H,1-4,7,9H2. The van der Waals surface area contributed by atoms with Crippen molar-refractivity contribution in [3.63, 3.8) is 0 Å². The zero-order valence-electron chi connectivity index (χ0n) is 9.76. The molecule has 0 N–H and O–H groups in total. The summed E-state index contributed by atoms with van der Waals surface area (Å²) in [6.07, 6.45) is 6.18. The van der Waals surface area contributed by atoms with E-state index in [1.807, 2.05) is 0 Å². The van der Waals surface area contributed by atoms with E-state index in [9.17, 15) is 4.39 Å². The monoisotopic (exact) mass is 318 g/mol. The predicted molar refractivity (Wildman–Crippen MR) is 74.4 cm³/mol. The molecular formula is C14H17BrClF. The summed E-state index contributed by atoms with van der Waals surface area (Å²) in [4.78, 5) is 0. The van der Waals surface area contributed by atoms with Gasteiger partial charge < -0.3 is 0 Å². The van der Waals surface area contributed by atoms with Crippen molar-refractivity contribution in [3.05, 3.63) is 34.6 Å². The number of alkyl halides is 1. The molecule has 1 unspecified atom stereocenters. The lowest BCUT2D eigenvalue weighted by Gasteiger charge is -2.21. The molecule has 0 aromatic heterocycles. The van der Waals surface area contributed by atoms with Gasteiger partial charge in [0.25, 0.3) is 0 Å². The minimum absolute atomic E-state index is 0.191. The molecule has 17 heavy (non-hydrogen) atoms. The molecule has 0 radical (unpaired) electrons. The van der Waals surface area contributed by atoms with Gasteiger partial charge in [0.2, 0.25) is 0 Å². The van der Waals surface area contributed by atoms with Gasteiger partial charge in [0.05, 0.1) is 0 Å². The zero-order valence-corrected chi connectivity index (χ0v) is 12.1. The molecule has 0 aliphatic heterocycles. The van der Waals surface area contributed by atoms with E-state index in [4.69, 9.17) is 11.6 Å². The molecular weight excluding hydrogens is 303 g/mol. The van der Waals surface area contributed by atoms with Crippen molar-refractivity contribution in [2.24, 2.45) is 11.8 Å². The molecule has 1 aliphatic carbocycles. The fourth-order valence-electron chi connectivity index (χ4n) is 2.76. The normalized spacial score (nSPS) is 18.5. The molecule has 94 valence electrons. The Morgan fingerprint density at radius 2 is 2.06 bits per heavy atom. The first-order chi connectivity index (χ1) is 8.20. The first-order valence-corrected chi connectivity index (χ1v) is 7.70. The Morgan fingerprint density at radius 1 is 1.35 bits per heavy atom. The Labute approximate surface area is 116 Å². The third-order valence-corrected chi connectivity index (χ3v) is 4.95. The van der Waals surface area contributed by atoms with Crippen molar-refractivity contribution in [1.29, 1.82) is 0 Å². The smallest absolute Gasteiger partial charge is 0.123 e. The van der Waals surface area contributed by atoms with Crippen LogP contribution < -0.4 is 0 Å². The Balaban J connectivity index is 2.09. The largest absolute Gasteiger partial charge is 0.207 e. The van der Waals surface area contributed by atoms with E-state index in [0.717, 1.165) is 23.2 Å². The van der Waals surface area contributed by atoms with Gasteiger partial charge in [0.15, 0.2) is 0 Å². The van der Waals surface area contributed by atoms with Crippen LogP contribution in [0.15, 0.2) is 18.2 Å². The number of hydrogen-bond donors (Lipinski definition) is 0. The molecule has 0 spiro atoms. The van der Waals surface area contributed by atoms with Gasteiger partial charge >= 0.3 is 0 Å². The van der Waals surface area contributed by atoms with Crippen molar-refractivity contribution < 1.29 is 4.39 Å². The van der Waals surface area contributed by atoms with Crippen LogP contribution in [-0.2, 0) is 6.42 Å². The molecule has 0 bridgehead atoms. The summed E-state index contributed by atoms with van der Waals surface area (Å²) in [6, 6.07) is 4.66. The zero-order chi connectivity index (χ0) is 12.3. The van der Waals surface area contributed by atoms with E-state index >= 15 is 0 Å². The highest BCUT2D eigenvalue weighted by atomic mass is 79.9. The molecule has 0 nitrogen and oxygen atoms in total. The van der Waals surface area contributed by atoms with Crippen LogP contribution in [0, 0.1) is 17.7 Å². The molecule has 1 aromatic rings. The molecule has 0 saturated heterocycles. The summed E-state index contributed by atoms with van der Waals surface area (Å²) >= 11 is 9.71. The first kappa shape index (κ1) is 13.4. The number of benzene rings is 1. The van der Waals surface area contributed by atoms with Crippen LogP contribution in [-0.4, -0.2) is 5.33 Å². The fraction of sp³-hybridized carbons (Fsp3) is 0.571. The maximum absolute atomic E-state index is 13.2. The second-order valence-electron chi connectivity index (χ2n) is 4.90. The fourth-order valence-corrected chi connectivity index (χ4v) is 3.71. The second-order valence-corrected chi connectivity index (χ2v) is 5.95. The molecule has 1 saturated carbocycles. The van der Waals surface area contributed by atoms with Crippen molar-refractivity contribution >= 4 is 27.5 Å². The van der Waals surface area contributed by atoms with E-state index in [1.165, 1.54) is 31.7 Å². The average molecular weight is 320 g/mol. The lowest BCUT2D eigenvalue weighted by molar-refractivity contribution is 0.372. The van der Waals surface area contributed by atoms with Gasteiger partial charge in [-0.1, -0.05) is 53.2 Å². The van der Waals surface area contributed by atoms with Crippen LogP contribution in [0.4, 0.5) is 4.39 Å². The topological polar surface area (TPSA) is 0 Å². The van der Waals surface area contributed by atoms with Gasteiger partial charge in [-0.15, -0.1) is 0 Å². The quantitative estimate of drug-likeness (QED) is 0.667. The lowest BCUT2D eigenvalue weighted by Crippen LogP contribution is -2.16. The molecule has 2 rings (SSSR count). The summed E-state index contributed by atoms with van der Waals surface area (Å²) in [5, 5.41) is 1.67. The van der Waals surface area contributed by atoms with Crippen LogP contribution >= 0.6 is 27.5 Å². The van der Waals surface area contributed by atoms with Gasteiger partial charge in [-0.3, -0.25) is 0 Å². The molecule has 1 atom stereocenters. The maximum atomic E-state index is 13.2. The van der Waals surface area contributed by atoms with Gasteiger partial charge in [0, 0.05) is 10.4 Å². The minimum atomic E-state index is -0.191. The highest BCUT2D eigenvalue weighted by Crippen LogP contribution is 2.35. The second kappa shape index (κ2) is 6.19. The minimum Gasteiger partial charge on any atom is -0.207 e. The van der Waals surface area contributed by atoms with Crippen molar-refractivity contribution in [2.45, 2.75) is 32.1 Å². The Morgan fingerprint density at radius 3 is 2.71 bits per heavy atom. The van der Waals surface area contributed by atoms with Gasteiger partial charge in [-0.2, -0.15) is 0 Å².